The molecular weight excluding hydrogens is 336 g/mol. The van der Waals surface area contributed by atoms with Crippen LogP contribution in [0.1, 0.15) is 47.1 Å². The van der Waals surface area contributed by atoms with E-state index in [1.54, 1.807) is 12.1 Å². The van der Waals surface area contributed by atoms with E-state index < -0.39 is 18.9 Å². The molecule has 1 rings (SSSR count). The van der Waals surface area contributed by atoms with Gasteiger partial charge in [0, 0.05) is 25.4 Å². The zero-order valence-corrected chi connectivity index (χ0v) is 16.7. The Morgan fingerprint density at radius 3 is 1.69 bits per heavy atom. The van der Waals surface area contributed by atoms with E-state index in [0.717, 1.165) is 5.56 Å². The van der Waals surface area contributed by atoms with Crippen LogP contribution in [-0.2, 0) is 14.2 Å². The summed E-state index contributed by atoms with van der Waals surface area (Å²) in [4.78, 5) is 0. The van der Waals surface area contributed by atoms with Crippen LogP contribution in [0.4, 0.5) is 0 Å². The van der Waals surface area contributed by atoms with Gasteiger partial charge < -0.3 is 28.4 Å². The van der Waals surface area contributed by atoms with Crippen molar-refractivity contribution in [3.05, 3.63) is 24.3 Å². The largest absolute Gasteiger partial charge is 0.461 e. The Morgan fingerprint density at radius 1 is 0.769 bits per heavy atom. The average molecular weight is 368 g/mol. The van der Waals surface area contributed by atoms with Gasteiger partial charge in [-0.25, -0.2) is 0 Å². The number of rotatable bonds is 13. The molecule has 0 saturated heterocycles. The molecule has 0 spiro atoms. The van der Waals surface area contributed by atoms with Gasteiger partial charge in [-0.3, -0.25) is 0 Å². The lowest BCUT2D eigenvalue weighted by Crippen LogP contribution is -2.22. The third-order valence-corrected chi connectivity index (χ3v) is 3.39. The van der Waals surface area contributed by atoms with Gasteiger partial charge in [0.2, 0.25) is 5.75 Å². The third-order valence-electron chi connectivity index (χ3n) is 3.39. The fourth-order valence-electron chi connectivity index (χ4n) is 2.36. The van der Waals surface area contributed by atoms with Crippen molar-refractivity contribution in [1.82, 2.24) is 0 Å². The second kappa shape index (κ2) is 11.8. The summed E-state index contributed by atoms with van der Waals surface area (Å²) < 4.78 is 34.3. The lowest BCUT2D eigenvalue weighted by atomic mass is 10.1. The molecule has 3 unspecified atom stereocenters. The second-order valence-electron chi connectivity index (χ2n) is 5.44. The van der Waals surface area contributed by atoms with E-state index in [0.29, 0.717) is 37.1 Å². The van der Waals surface area contributed by atoms with Crippen molar-refractivity contribution in [3.8, 4) is 17.2 Å². The maximum Gasteiger partial charge on any atom is 0.207 e. The van der Waals surface area contributed by atoms with Gasteiger partial charge in [0.1, 0.15) is 0 Å². The van der Waals surface area contributed by atoms with E-state index in [4.69, 9.17) is 28.4 Å². The van der Waals surface area contributed by atoms with E-state index in [1.807, 2.05) is 47.6 Å². The quantitative estimate of drug-likeness (QED) is 0.474. The van der Waals surface area contributed by atoms with Crippen LogP contribution in [0.2, 0.25) is 0 Å². The van der Waals surface area contributed by atoms with E-state index >= 15 is 0 Å². The standard InChI is InChI=1S/C20H32O6/c1-8-17-12-13-18(24-14(5)21-9-2)20(26-16(7)23-11-4)19(17)25-15(6)22-10-3/h8,12-16H,1,9-11H2,2-7H3. The highest BCUT2D eigenvalue weighted by molar-refractivity contribution is 5.65. The Morgan fingerprint density at radius 2 is 1.23 bits per heavy atom. The van der Waals surface area contributed by atoms with Crippen molar-refractivity contribution in [2.45, 2.75) is 60.4 Å². The second-order valence-corrected chi connectivity index (χ2v) is 5.44. The summed E-state index contributed by atoms with van der Waals surface area (Å²) in [6.45, 7) is 16.6. The molecule has 0 saturated carbocycles. The highest BCUT2D eigenvalue weighted by Crippen LogP contribution is 2.42. The predicted octanol–water partition coefficient (Wildman–Crippen LogP) is 4.61. The van der Waals surface area contributed by atoms with Crippen molar-refractivity contribution in [2.24, 2.45) is 0 Å². The topological polar surface area (TPSA) is 55.4 Å². The van der Waals surface area contributed by atoms with Crippen LogP contribution in [0, 0.1) is 0 Å². The van der Waals surface area contributed by atoms with Gasteiger partial charge in [-0.15, -0.1) is 0 Å². The molecule has 0 radical (unpaired) electrons. The summed E-state index contributed by atoms with van der Waals surface area (Å²) in [5.41, 5.74) is 0.770. The van der Waals surface area contributed by atoms with Crippen molar-refractivity contribution in [2.75, 3.05) is 19.8 Å². The van der Waals surface area contributed by atoms with E-state index in [1.165, 1.54) is 0 Å². The first-order valence-electron chi connectivity index (χ1n) is 9.10. The Labute approximate surface area is 157 Å². The fraction of sp³-hybridized carbons (Fsp3) is 0.600. The minimum Gasteiger partial charge on any atom is -0.461 e. The Hall–Kier alpha value is -1.76. The van der Waals surface area contributed by atoms with E-state index in [9.17, 15) is 0 Å². The molecule has 1 aromatic carbocycles. The highest BCUT2D eigenvalue weighted by Gasteiger charge is 2.22. The van der Waals surface area contributed by atoms with Crippen LogP contribution in [-0.4, -0.2) is 38.7 Å². The average Bonchev–Trinajstić information content (AvgIpc) is 2.58. The summed E-state index contributed by atoms with van der Waals surface area (Å²) in [5, 5.41) is 0. The zero-order valence-electron chi connectivity index (χ0n) is 16.7. The fourth-order valence-corrected chi connectivity index (χ4v) is 2.36. The molecule has 0 aliphatic rings. The summed E-state index contributed by atoms with van der Waals surface area (Å²) in [6.07, 6.45) is 0.330. The Kier molecular flexibility index (Phi) is 10.1. The van der Waals surface area contributed by atoms with Gasteiger partial charge in [0.05, 0.1) is 0 Å². The molecule has 0 aromatic heterocycles. The SMILES string of the molecule is C=Cc1ccc(OC(C)OCC)c(OC(C)OCC)c1OC(C)OCC. The Balaban J connectivity index is 3.27. The highest BCUT2D eigenvalue weighted by atomic mass is 16.7. The van der Waals surface area contributed by atoms with Crippen molar-refractivity contribution in [1.29, 1.82) is 0 Å². The first-order chi connectivity index (χ1) is 12.5. The molecule has 6 heteroatoms. The Bertz CT molecular complexity index is 545. The summed E-state index contributed by atoms with van der Waals surface area (Å²) >= 11 is 0. The molecule has 3 atom stereocenters. The minimum atomic E-state index is -0.477. The molecular formula is C20H32O6. The normalized spacial score (nSPS) is 14.4. The third kappa shape index (κ3) is 6.86. The minimum absolute atomic E-state index is 0.432. The summed E-state index contributed by atoms with van der Waals surface area (Å²) in [7, 11) is 0. The van der Waals surface area contributed by atoms with Crippen LogP contribution in [0.3, 0.4) is 0 Å². The first kappa shape index (κ1) is 22.3. The van der Waals surface area contributed by atoms with Gasteiger partial charge in [0.25, 0.3) is 0 Å². The molecule has 0 aliphatic heterocycles. The molecule has 0 aliphatic carbocycles. The first-order valence-corrected chi connectivity index (χ1v) is 9.10. The van der Waals surface area contributed by atoms with Crippen molar-refractivity contribution >= 4 is 6.08 Å². The number of hydrogen-bond donors (Lipinski definition) is 0. The van der Waals surface area contributed by atoms with Crippen LogP contribution in [0.15, 0.2) is 18.7 Å². The smallest absolute Gasteiger partial charge is 0.207 e. The maximum atomic E-state index is 5.99. The molecule has 0 bridgehead atoms. The zero-order chi connectivity index (χ0) is 19.5. The van der Waals surface area contributed by atoms with Crippen LogP contribution < -0.4 is 14.2 Å². The molecule has 148 valence electrons. The summed E-state index contributed by atoms with van der Waals surface area (Å²) in [5.74, 6) is 1.43. The number of benzene rings is 1. The van der Waals surface area contributed by atoms with Gasteiger partial charge in [-0.2, -0.15) is 0 Å². The van der Waals surface area contributed by atoms with Crippen molar-refractivity contribution in [3.63, 3.8) is 0 Å². The van der Waals surface area contributed by atoms with Crippen LogP contribution in [0.5, 0.6) is 17.2 Å². The predicted molar refractivity (Wildman–Crippen MR) is 102 cm³/mol. The lowest BCUT2D eigenvalue weighted by Gasteiger charge is -2.25. The van der Waals surface area contributed by atoms with Crippen LogP contribution in [0.25, 0.3) is 6.08 Å². The van der Waals surface area contributed by atoms with E-state index in [-0.39, 0.29) is 0 Å². The van der Waals surface area contributed by atoms with Gasteiger partial charge in [-0.1, -0.05) is 12.7 Å². The maximum absolute atomic E-state index is 5.99. The lowest BCUT2D eigenvalue weighted by molar-refractivity contribution is -0.0849. The van der Waals surface area contributed by atoms with Gasteiger partial charge >= 0.3 is 0 Å². The molecule has 6 nitrogen and oxygen atoms in total. The molecule has 0 amide bonds. The molecule has 26 heavy (non-hydrogen) atoms. The number of hydrogen-bond acceptors (Lipinski definition) is 6. The molecule has 0 fully saturated rings. The molecule has 1 aromatic rings. The summed E-state index contributed by atoms with van der Waals surface area (Å²) in [6, 6.07) is 3.66. The van der Waals surface area contributed by atoms with Gasteiger partial charge in [-0.05, 0) is 53.7 Å². The van der Waals surface area contributed by atoms with E-state index in [2.05, 4.69) is 6.58 Å². The van der Waals surface area contributed by atoms with Gasteiger partial charge in [0.15, 0.2) is 30.4 Å². The number of ether oxygens (including phenoxy) is 6. The van der Waals surface area contributed by atoms with Crippen LogP contribution >= 0.6 is 0 Å². The molecule has 0 N–H and O–H groups in total. The molecule has 0 heterocycles. The monoisotopic (exact) mass is 368 g/mol. The van der Waals surface area contributed by atoms with Crippen molar-refractivity contribution < 1.29 is 28.4 Å².